The fourth-order valence-corrected chi connectivity index (χ4v) is 2.01. The molecule has 1 amide bonds. The summed E-state index contributed by atoms with van der Waals surface area (Å²) in [7, 11) is 1.35. The van der Waals surface area contributed by atoms with Gasteiger partial charge in [-0.05, 0) is 26.8 Å². The third-order valence-corrected chi connectivity index (χ3v) is 2.88. The van der Waals surface area contributed by atoms with Crippen LogP contribution in [0.15, 0.2) is 18.2 Å². The lowest BCUT2D eigenvalue weighted by molar-refractivity contribution is -0.385. The summed E-state index contributed by atoms with van der Waals surface area (Å²) < 4.78 is 5.07. The van der Waals surface area contributed by atoms with Crippen LogP contribution < -0.4 is 4.74 Å². The molecule has 0 saturated heterocycles. The van der Waals surface area contributed by atoms with Crippen LogP contribution in [-0.4, -0.2) is 46.6 Å². The number of aliphatic hydroxyl groups is 1. The van der Waals surface area contributed by atoms with Crippen LogP contribution in [0.25, 0.3) is 0 Å². The SMILES string of the molecule is CCN(CC(C)(C)O)C(=O)c1c(OC)cccc1[N+](=O)[O-]. The number of hydrogen-bond donors (Lipinski definition) is 1. The van der Waals surface area contributed by atoms with E-state index in [4.69, 9.17) is 4.74 Å². The maximum atomic E-state index is 12.6. The van der Waals surface area contributed by atoms with E-state index in [-0.39, 0.29) is 23.5 Å². The molecule has 0 saturated carbocycles. The molecular formula is C14H20N2O5. The molecule has 0 heterocycles. The molecule has 0 radical (unpaired) electrons. The second kappa shape index (κ2) is 6.53. The van der Waals surface area contributed by atoms with Crippen molar-refractivity contribution in [3.05, 3.63) is 33.9 Å². The van der Waals surface area contributed by atoms with E-state index in [0.717, 1.165) is 0 Å². The summed E-state index contributed by atoms with van der Waals surface area (Å²) in [6.45, 7) is 5.26. The maximum Gasteiger partial charge on any atom is 0.285 e. The van der Waals surface area contributed by atoms with E-state index in [1.54, 1.807) is 20.8 Å². The number of carbonyl (C=O) groups excluding carboxylic acids is 1. The van der Waals surface area contributed by atoms with E-state index >= 15 is 0 Å². The van der Waals surface area contributed by atoms with Crippen LogP contribution in [0.1, 0.15) is 31.1 Å². The van der Waals surface area contributed by atoms with Gasteiger partial charge < -0.3 is 14.7 Å². The highest BCUT2D eigenvalue weighted by Crippen LogP contribution is 2.29. The fourth-order valence-electron chi connectivity index (χ4n) is 2.01. The van der Waals surface area contributed by atoms with Crippen LogP contribution >= 0.6 is 0 Å². The molecule has 0 bridgehead atoms. The highest BCUT2D eigenvalue weighted by atomic mass is 16.6. The molecule has 0 aliphatic heterocycles. The molecular weight excluding hydrogens is 276 g/mol. The first kappa shape index (κ1) is 16.9. The number of ether oxygens (including phenoxy) is 1. The molecule has 1 N–H and O–H groups in total. The zero-order valence-electron chi connectivity index (χ0n) is 12.6. The Balaban J connectivity index is 3.30. The minimum atomic E-state index is -1.09. The average molecular weight is 296 g/mol. The van der Waals surface area contributed by atoms with Gasteiger partial charge in [-0.3, -0.25) is 14.9 Å². The largest absolute Gasteiger partial charge is 0.496 e. The molecule has 0 aliphatic rings. The molecule has 21 heavy (non-hydrogen) atoms. The number of nitro groups is 1. The van der Waals surface area contributed by atoms with E-state index in [0.29, 0.717) is 6.54 Å². The quantitative estimate of drug-likeness (QED) is 0.638. The summed E-state index contributed by atoms with van der Waals surface area (Å²) in [5.41, 5.74) is -1.51. The Morgan fingerprint density at radius 1 is 1.48 bits per heavy atom. The molecule has 0 atom stereocenters. The van der Waals surface area contributed by atoms with Gasteiger partial charge in [0.15, 0.2) is 5.56 Å². The lowest BCUT2D eigenvalue weighted by Crippen LogP contribution is -2.42. The van der Waals surface area contributed by atoms with Crippen molar-refractivity contribution in [3.8, 4) is 5.75 Å². The number of rotatable bonds is 6. The summed E-state index contributed by atoms with van der Waals surface area (Å²) in [6, 6.07) is 4.21. The van der Waals surface area contributed by atoms with Gasteiger partial charge in [-0.2, -0.15) is 0 Å². The predicted octanol–water partition coefficient (Wildman–Crippen LogP) is 1.84. The molecule has 0 unspecified atom stereocenters. The molecule has 0 spiro atoms. The highest BCUT2D eigenvalue weighted by molar-refractivity contribution is 6.01. The molecule has 1 aromatic rings. The van der Waals surface area contributed by atoms with Crippen molar-refractivity contribution in [1.82, 2.24) is 4.90 Å². The second-order valence-corrected chi connectivity index (χ2v) is 5.24. The van der Waals surface area contributed by atoms with Gasteiger partial charge in [0, 0.05) is 19.2 Å². The summed E-state index contributed by atoms with van der Waals surface area (Å²) in [6.07, 6.45) is 0. The lowest BCUT2D eigenvalue weighted by Gasteiger charge is -2.28. The molecule has 0 aliphatic carbocycles. The number of likely N-dealkylation sites (N-methyl/N-ethyl adjacent to an activating group) is 1. The summed E-state index contributed by atoms with van der Waals surface area (Å²) in [5.74, 6) is -0.396. The first-order valence-electron chi connectivity index (χ1n) is 6.54. The molecule has 7 nitrogen and oxygen atoms in total. The van der Waals surface area contributed by atoms with Crippen LogP contribution in [0.3, 0.4) is 0 Å². The van der Waals surface area contributed by atoms with Gasteiger partial charge in [-0.25, -0.2) is 0 Å². The molecule has 116 valence electrons. The van der Waals surface area contributed by atoms with Gasteiger partial charge >= 0.3 is 0 Å². The predicted molar refractivity (Wildman–Crippen MR) is 77.5 cm³/mol. The second-order valence-electron chi connectivity index (χ2n) is 5.24. The number of methoxy groups -OCH3 is 1. The summed E-state index contributed by atoms with van der Waals surface area (Å²) in [4.78, 5) is 24.4. The smallest absolute Gasteiger partial charge is 0.285 e. The van der Waals surface area contributed by atoms with E-state index in [2.05, 4.69) is 0 Å². The van der Waals surface area contributed by atoms with Crippen LogP contribution in [0.2, 0.25) is 0 Å². The van der Waals surface area contributed by atoms with E-state index in [9.17, 15) is 20.0 Å². The van der Waals surface area contributed by atoms with Crippen LogP contribution in [0.4, 0.5) is 5.69 Å². The van der Waals surface area contributed by atoms with Gasteiger partial charge in [0.25, 0.3) is 11.6 Å². The standard InChI is InChI=1S/C14H20N2O5/c1-5-15(9-14(2,3)18)13(17)12-10(16(19)20)7-6-8-11(12)21-4/h6-8,18H,5,9H2,1-4H3. The van der Waals surface area contributed by atoms with Gasteiger partial charge in [0.2, 0.25) is 0 Å². The summed E-state index contributed by atoms with van der Waals surface area (Å²) >= 11 is 0. The van der Waals surface area contributed by atoms with E-state index in [1.807, 2.05) is 0 Å². The van der Waals surface area contributed by atoms with E-state index in [1.165, 1.54) is 30.2 Å². The molecule has 1 rings (SSSR count). The van der Waals surface area contributed by atoms with E-state index < -0.39 is 16.4 Å². The number of hydrogen-bond acceptors (Lipinski definition) is 5. The normalized spacial score (nSPS) is 11.1. The zero-order valence-corrected chi connectivity index (χ0v) is 12.6. The first-order valence-corrected chi connectivity index (χ1v) is 6.54. The van der Waals surface area contributed by atoms with Gasteiger partial charge in [-0.15, -0.1) is 0 Å². The van der Waals surface area contributed by atoms with Crippen molar-refractivity contribution in [2.75, 3.05) is 20.2 Å². The van der Waals surface area contributed by atoms with Gasteiger partial charge in [0.05, 0.1) is 17.6 Å². The van der Waals surface area contributed by atoms with Crippen LogP contribution in [-0.2, 0) is 0 Å². The Bertz CT molecular complexity index is 537. The number of nitro benzene ring substituents is 1. The molecule has 0 aromatic heterocycles. The van der Waals surface area contributed by atoms with Crippen molar-refractivity contribution >= 4 is 11.6 Å². The third kappa shape index (κ3) is 4.16. The Hall–Kier alpha value is -2.15. The Morgan fingerprint density at radius 3 is 2.52 bits per heavy atom. The molecule has 1 aromatic carbocycles. The van der Waals surface area contributed by atoms with Gasteiger partial charge in [-0.1, -0.05) is 6.07 Å². The zero-order chi connectivity index (χ0) is 16.2. The van der Waals surface area contributed by atoms with Crippen molar-refractivity contribution in [1.29, 1.82) is 0 Å². The monoisotopic (exact) mass is 296 g/mol. The Labute approximate surface area is 123 Å². The molecule has 7 heteroatoms. The molecule has 0 fully saturated rings. The minimum absolute atomic E-state index is 0.0670. The topological polar surface area (TPSA) is 92.9 Å². The lowest BCUT2D eigenvalue weighted by atomic mass is 10.1. The van der Waals surface area contributed by atoms with Gasteiger partial charge in [0.1, 0.15) is 5.75 Å². The number of carbonyl (C=O) groups is 1. The summed E-state index contributed by atoms with van der Waals surface area (Å²) in [5, 5.41) is 21.0. The minimum Gasteiger partial charge on any atom is -0.496 e. The third-order valence-electron chi connectivity index (χ3n) is 2.88. The number of benzene rings is 1. The van der Waals surface area contributed by atoms with Crippen molar-refractivity contribution < 1.29 is 19.6 Å². The van der Waals surface area contributed by atoms with Crippen molar-refractivity contribution in [2.45, 2.75) is 26.4 Å². The van der Waals surface area contributed by atoms with Crippen LogP contribution in [0.5, 0.6) is 5.75 Å². The van der Waals surface area contributed by atoms with Crippen LogP contribution in [0, 0.1) is 10.1 Å². The van der Waals surface area contributed by atoms with Crippen molar-refractivity contribution in [3.63, 3.8) is 0 Å². The Morgan fingerprint density at radius 2 is 2.10 bits per heavy atom. The Kier molecular flexibility index (Phi) is 5.26. The average Bonchev–Trinajstić information content (AvgIpc) is 2.41. The first-order chi connectivity index (χ1) is 9.71. The fraction of sp³-hybridized carbons (Fsp3) is 0.500. The van der Waals surface area contributed by atoms with Crippen molar-refractivity contribution in [2.24, 2.45) is 0 Å². The maximum absolute atomic E-state index is 12.6. The highest BCUT2D eigenvalue weighted by Gasteiger charge is 2.30. The number of nitrogens with zero attached hydrogens (tertiary/aromatic N) is 2. The number of amides is 1.